The SMILES string of the molecule is COc1ccc(OC[C@@H](O)Cn2c(N/N=C/c3ccc([N+](=O)[O-])cc3)nc3c2c(=O)[nH]c(=O)n3C)cc1. The third-order valence-corrected chi connectivity index (χ3v) is 5.38. The van der Waals surface area contributed by atoms with E-state index < -0.39 is 22.3 Å². The van der Waals surface area contributed by atoms with Crippen molar-refractivity contribution >= 4 is 29.0 Å². The minimum absolute atomic E-state index is 0.0543. The van der Waals surface area contributed by atoms with Gasteiger partial charge in [0.15, 0.2) is 11.2 Å². The van der Waals surface area contributed by atoms with Gasteiger partial charge in [0.25, 0.3) is 11.2 Å². The highest BCUT2D eigenvalue weighted by Gasteiger charge is 2.20. The van der Waals surface area contributed by atoms with Gasteiger partial charge >= 0.3 is 5.69 Å². The minimum Gasteiger partial charge on any atom is -0.497 e. The zero-order chi connectivity index (χ0) is 26.5. The summed E-state index contributed by atoms with van der Waals surface area (Å²) in [4.78, 5) is 41.5. The first-order valence-electron chi connectivity index (χ1n) is 10.9. The van der Waals surface area contributed by atoms with Crippen LogP contribution >= 0.6 is 0 Å². The predicted octanol–water partition coefficient (Wildman–Crippen LogP) is 1.23. The molecule has 0 aliphatic carbocycles. The van der Waals surface area contributed by atoms with E-state index in [4.69, 9.17) is 9.47 Å². The van der Waals surface area contributed by atoms with Crippen LogP contribution in [0.15, 0.2) is 63.2 Å². The van der Waals surface area contributed by atoms with Crippen LogP contribution in [0.5, 0.6) is 11.5 Å². The average Bonchev–Trinajstić information content (AvgIpc) is 3.25. The number of fused-ring (bicyclic) bond motifs is 1. The molecule has 4 rings (SSSR count). The number of rotatable bonds is 10. The third kappa shape index (κ3) is 5.65. The average molecular weight is 509 g/mol. The standard InChI is InChI=1S/C23H23N7O7/c1-28-20-19(21(32)26-23(28)33)29(12-16(31)13-37-18-9-7-17(36-2)8-10-18)22(25-20)27-24-11-14-3-5-15(6-4-14)30(34)35/h3-11,16,31H,12-13H2,1-2H3,(H,25,27)(H,26,32,33)/b24-11+/t16-/m0/s1. The summed E-state index contributed by atoms with van der Waals surface area (Å²) < 4.78 is 13.3. The number of aryl methyl sites for hydroxylation is 1. The van der Waals surface area contributed by atoms with E-state index in [0.717, 1.165) is 0 Å². The smallest absolute Gasteiger partial charge is 0.329 e. The van der Waals surface area contributed by atoms with Crippen LogP contribution in [0.25, 0.3) is 11.2 Å². The fourth-order valence-electron chi connectivity index (χ4n) is 3.47. The molecule has 0 aliphatic rings. The van der Waals surface area contributed by atoms with Crippen molar-refractivity contribution in [1.29, 1.82) is 0 Å². The van der Waals surface area contributed by atoms with Crippen LogP contribution in [-0.4, -0.2) is 55.2 Å². The fourth-order valence-corrected chi connectivity index (χ4v) is 3.47. The number of imidazole rings is 1. The van der Waals surface area contributed by atoms with E-state index in [9.17, 15) is 24.8 Å². The quantitative estimate of drug-likeness (QED) is 0.161. The Bertz CT molecular complexity index is 1550. The molecule has 0 bridgehead atoms. The number of aromatic amines is 1. The molecule has 14 nitrogen and oxygen atoms in total. The molecule has 192 valence electrons. The second kappa shape index (κ2) is 10.7. The number of aliphatic hydroxyl groups excluding tert-OH is 1. The summed E-state index contributed by atoms with van der Waals surface area (Å²) in [5, 5.41) is 25.6. The zero-order valence-corrected chi connectivity index (χ0v) is 19.8. The van der Waals surface area contributed by atoms with Crippen LogP contribution in [0.2, 0.25) is 0 Å². The Morgan fingerprint density at radius 3 is 2.51 bits per heavy atom. The van der Waals surface area contributed by atoms with Crippen LogP contribution in [0, 0.1) is 10.1 Å². The molecule has 0 aliphatic heterocycles. The Morgan fingerprint density at radius 1 is 1.19 bits per heavy atom. The van der Waals surface area contributed by atoms with Gasteiger partial charge in [-0.25, -0.2) is 10.2 Å². The Hall–Kier alpha value is -4.98. The van der Waals surface area contributed by atoms with Crippen molar-refractivity contribution < 1.29 is 19.5 Å². The number of nitro benzene ring substituents is 1. The second-order valence-corrected chi connectivity index (χ2v) is 7.90. The number of ether oxygens (including phenoxy) is 2. The van der Waals surface area contributed by atoms with E-state index in [0.29, 0.717) is 17.1 Å². The third-order valence-electron chi connectivity index (χ3n) is 5.38. The largest absolute Gasteiger partial charge is 0.497 e. The number of methoxy groups -OCH3 is 1. The van der Waals surface area contributed by atoms with Gasteiger partial charge in [0.2, 0.25) is 5.95 Å². The summed E-state index contributed by atoms with van der Waals surface area (Å²) in [6, 6.07) is 12.5. The van der Waals surface area contributed by atoms with Crippen molar-refractivity contribution in [1.82, 2.24) is 19.1 Å². The molecule has 0 saturated carbocycles. The van der Waals surface area contributed by atoms with Gasteiger partial charge in [0.05, 0.1) is 24.8 Å². The Balaban J connectivity index is 1.57. The highest BCUT2D eigenvalue weighted by atomic mass is 16.6. The van der Waals surface area contributed by atoms with E-state index >= 15 is 0 Å². The number of aromatic nitrogens is 4. The maximum atomic E-state index is 12.6. The molecule has 0 saturated heterocycles. The molecule has 2 aromatic carbocycles. The maximum absolute atomic E-state index is 12.6. The maximum Gasteiger partial charge on any atom is 0.329 e. The number of anilines is 1. The molecule has 2 aromatic heterocycles. The van der Waals surface area contributed by atoms with Gasteiger partial charge in [0, 0.05) is 19.2 Å². The highest BCUT2D eigenvalue weighted by Crippen LogP contribution is 2.19. The molecule has 3 N–H and O–H groups in total. The van der Waals surface area contributed by atoms with Crippen molar-refractivity contribution in [2.45, 2.75) is 12.6 Å². The monoisotopic (exact) mass is 509 g/mol. The van der Waals surface area contributed by atoms with Gasteiger partial charge in [-0.15, -0.1) is 0 Å². The van der Waals surface area contributed by atoms with Crippen LogP contribution in [0.1, 0.15) is 5.56 Å². The predicted molar refractivity (Wildman–Crippen MR) is 134 cm³/mol. The number of nitrogens with zero attached hydrogens (tertiary/aromatic N) is 5. The number of nitro groups is 1. The van der Waals surface area contributed by atoms with E-state index in [1.807, 2.05) is 0 Å². The van der Waals surface area contributed by atoms with Crippen LogP contribution < -0.4 is 26.1 Å². The van der Waals surface area contributed by atoms with Crippen molar-refractivity contribution in [2.75, 3.05) is 19.1 Å². The van der Waals surface area contributed by atoms with Crippen LogP contribution in [0.4, 0.5) is 11.6 Å². The molecule has 0 spiro atoms. The molecule has 0 unspecified atom stereocenters. The van der Waals surface area contributed by atoms with Gasteiger partial charge in [-0.05, 0) is 42.0 Å². The lowest BCUT2D eigenvalue weighted by Gasteiger charge is -2.15. The van der Waals surface area contributed by atoms with Crippen molar-refractivity contribution in [3.05, 3.63) is 85.0 Å². The molecule has 4 aromatic rings. The lowest BCUT2D eigenvalue weighted by molar-refractivity contribution is -0.384. The van der Waals surface area contributed by atoms with Gasteiger partial charge in [-0.3, -0.25) is 24.5 Å². The van der Waals surface area contributed by atoms with E-state index in [2.05, 4.69) is 20.5 Å². The first-order chi connectivity index (χ1) is 17.8. The van der Waals surface area contributed by atoms with Crippen molar-refractivity contribution in [2.24, 2.45) is 12.1 Å². The Kier molecular flexibility index (Phi) is 7.29. The molecule has 0 amide bonds. The zero-order valence-electron chi connectivity index (χ0n) is 19.8. The number of hydrazone groups is 1. The molecular weight excluding hydrogens is 486 g/mol. The summed E-state index contributed by atoms with van der Waals surface area (Å²) in [6.07, 6.45) is 0.343. The first kappa shape index (κ1) is 25.1. The number of hydrogen-bond donors (Lipinski definition) is 3. The number of nitrogens with one attached hydrogen (secondary N) is 2. The summed E-state index contributed by atoms with van der Waals surface area (Å²) in [7, 11) is 3.00. The summed E-state index contributed by atoms with van der Waals surface area (Å²) in [5.41, 5.74) is 2.03. The van der Waals surface area contributed by atoms with Gasteiger partial charge < -0.3 is 19.1 Å². The van der Waals surface area contributed by atoms with E-state index in [1.54, 1.807) is 31.4 Å². The highest BCUT2D eigenvalue weighted by molar-refractivity contribution is 5.81. The fraction of sp³-hybridized carbons (Fsp3) is 0.217. The van der Waals surface area contributed by atoms with Gasteiger partial charge in [-0.2, -0.15) is 10.1 Å². The summed E-state index contributed by atoms with van der Waals surface area (Å²) >= 11 is 0. The normalized spacial score (nSPS) is 12.1. The Morgan fingerprint density at radius 2 is 1.86 bits per heavy atom. The summed E-state index contributed by atoms with van der Waals surface area (Å²) in [5.74, 6) is 1.26. The second-order valence-electron chi connectivity index (χ2n) is 7.90. The molecule has 0 radical (unpaired) electrons. The number of benzene rings is 2. The van der Waals surface area contributed by atoms with Crippen molar-refractivity contribution in [3.63, 3.8) is 0 Å². The molecule has 2 heterocycles. The van der Waals surface area contributed by atoms with Crippen molar-refractivity contribution in [3.8, 4) is 11.5 Å². The number of H-pyrrole nitrogens is 1. The molecule has 37 heavy (non-hydrogen) atoms. The lowest BCUT2D eigenvalue weighted by atomic mass is 10.2. The molecular formula is C23H23N7O7. The van der Waals surface area contributed by atoms with Crippen LogP contribution in [-0.2, 0) is 13.6 Å². The molecule has 0 fully saturated rings. The molecule has 14 heteroatoms. The van der Waals surface area contributed by atoms with E-state index in [-0.39, 0.29) is 36.0 Å². The number of aliphatic hydroxyl groups is 1. The number of non-ortho nitro benzene ring substituents is 1. The summed E-state index contributed by atoms with van der Waals surface area (Å²) in [6.45, 7) is -0.204. The minimum atomic E-state index is -1.06. The molecule has 1 atom stereocenters. The topological polar surface area (TPSA) is 179 Å². The van der Waals surface area contributed by atoms with E-state index in [1.165, 1.54) is 46.7 Å². The van der Waals surface area contributed by atoms with Crippen LogP contribution in [0.3, 0.4) is 0 Å². The number of hydrogen-bond acceptors (Lipinski definition) is 10. The van der Waals surface area contributed by atoms with Gasteiger partial charge in [-0.1, -0.05) is 0 Å². The van der Waals surface area contributed by atoms with Gasteiger partial charge in [0.1, 0.15) is 24.2 Å². The Labute approximate surface area is 208 Å². The lowest BCUT2D eigenvalue weighted by Crippen LogP contribution is -2.30. The first-order valence-corrected chi connectivity index (χ1v) is 10.9.